The number of alkyl halides is 1. The van der Waals surface area contributed by atoms with Crippen LogP contribution in [0.5, 0.6) is 5.75 Å². The topological polar surface area (TPSA) is 105 Å². The van der Waals surface area contributed by atoms with Crippen molar-refractivity contribution in [1.82, 2.24) is 5.32 Å². The van der Waals surface area contributed by atoms with Crippen LogP contribution < -0.4 is 15.8 Å². The number of benzene rings is 2. The zero-order valence-electron chi connectivity index (χ0n) is 17.1. The van der Waals surface area contributed by atoms with Gasteiger partial charge in [-0.3, -0.25) is 9.59 Å². The zero-order chi connectivity index (χ0) is 23.1. The average molecular weight is 454 g/mol. The SMILES string of the molecule is N#Cc1ccc(CNC(=O)c2cccc(Cl)c2)c(OCCC2(F)C=CC=CC2C(N)=O)c1. The van der Waals surface area contributed by atoms with Crippen LogP contribution in [0.4, 0.5) is 4.39 Å². The first kappa shape index (κ1) is 23.0. The molecule has 2 aromatic rings. The van der Waals surface area contributed by atoms with Crippen LogP contribution in [-0.2, 0) is 11.3 Å². The van der Waals surface area contributed by atoms with Gasteiger partial charge >= 0.3 is 0 Å². The molecule has 164 valence electrons. The first-order chi connectivity index (χ1) is 15.3. The molecule has 0 spiro atoms. The van der Waals surface area contributed by atoms with Crippen molar-refractivity contribution in [1.29, 1.82) is 5.26 Å². The van der Waals surface area contributed by atoms with E-state index >= 15 is 4.39 Å². The average Bonchev–Trinajstić information content (AvgIpc) is 2.77. The quantitative estimate of drug-likeness (QED) is 0.633. The molecule has 0 saturated carbocycles. The predicted octanol–water partition coefficient (Wildman–Crippen LogP) is 3.85. The number of primary amides is 1. The minimum atomic E-state index is -1.96. The summed E-state index contributed by atoms with van der Waals surface area (Å²) < 4.78 is 21.0. The van der Waals surface area contributed by atoms with Gasteiger partial charge in [-0.15, -0.1) is 0 Å². The molecule has 0 aromatic heterocycles. The number of hydrogen-bond acceptors (Lipinski definition) is 4. The van der Waals surface area contributed by atoms with E-state index in [0.717, 1.165) is 0 Å². The summed E-state index contributed by atoms with van der Waals surface area (Å²) in [6.07, 6.45) is 5.70. The maximum atomic E-state index is 15.3. The van der Waals surface area contributed by atoms with Crippen molar-refractivity contribution in [2.45, 2.75) is 18.6 Å². The summed E-state index contributed by atoms with van der Waals surface area (Å²) >= 11 is 5.93. The first-order valence-electron chi connectivity index (χ1n) is 9.86. The Kier molecular flexibility index (Phi) is 7.29. The number of halogens is 2. The Morgan fingerprint density at radius 3 is 2.78 bits per heavy atom. The van der Waals surface area contributed by atoms with Crippen LogP contribution >= 0.6 is 11.6 Å². The van der Waals surface area contributed by atoms with Gasteiger partial charge in [0, 0.05) is 29.1 Å². The number of rotatable bonds is 8. The number of allylic oxidation sites excluding steroid dienone is 3. The van der Waals surface area contributed by atoms with Crippen molar-refractivity contribution in [3.8, 4) is 11.8 Å². The summed E-state index contributed by atoms with van der Waals surface area (Å²) in [5, 5.41) is 12.4. The van der Waals surface area contributed by atoms with Gasteiger partial charge in [-0.25, -0.2) is 4.39 Å². The van der Waals surface area contributed by atoms with E-state index < -0.39 is 17.5 Å². The Labute approximate surface area is 190 Å². The van der Waals surface area contributed by atoms with Gasteiger partial charge in [-0.1, -0.05) is 42.0 Å². The van der Waals surface area contributed by atoms with Crippen LogP contribution in [0, 0.1) is 17.2 Å². The molecule has 0 bridgehead atoms. The number of carbonyl (C=O) groups excluding carboxylic acids is 2. The summed E-state index contributed by atoms with van der Waals surface area (Å²) in [6, 6.07) is 13.3. The standard InChI is InChI=1S/C24H21ClFN3O3/c25-19-5-3-4-17(13-19)23(31)29-15-18-8-7-16(14-27)12-21(18)32-11-10-24(26)9-2-1-6-20(24)22(28)30/h1-9,12-13,20H,10-11,15H2,(H2,28,30)(H,29,31). The molecule has 32 heavy (non-hydrogen) atoms. The predicted molar refractivity (Wildman–Crippen MR) is 119 cm³/mol. The minimum Gasteiger partial charge on any atom is -0.493 e. The number of carbonyl (C=O) groups is 2. The zero-order valence-corrected chi connectivity index (χ0v) is 17.8. The molecular weight excluding hydrogens is 433 g/mol. The summed E-state index contributed by atoms with van der Waals surface area (Å²) in [4.78, 5) is 24.0. The number of nitrogens with one attached hydrogen (secondary N) is 1. The number of nitrogens with two attached hydrogens (primary N) is 1. The van der Waals surface area contributed by atoms with E-state index in [-0.39, 0.29) is 25.5 Å². The second-order valence-electron chi connectivity index (χ2n) is 7.28. The largest absolute Gasteiger partial charge is 0.493 e. The molecule has 0 fully saturated rings. The van der Waals surface area contributed by atoms with E-state index in [4.69, 9.17) is 22.1 Å². The van der Waals surface area contributed by atoms with Crippen molar-refractivity contribution in [3.05, 3.63) is 88.5 Å². The molecule has 0 heterocycles. The first-order valence-corrected chi connectivity index (χ1v) is 10.2. The maximum absolute atomic E-state index is 15.3. The van der Waals surface area contributed by atoms with E-state index in [1.807, 2.05) is 6.07 Å². The number of nitrogens with zero attached hydrogens (tertiary/aromatic N) is 1. The van der Waals surface area contributed by atoms with E-state index in [9.17, 15) is 14.9 Å². The normalized spacial score (nSPS) is 19.2. The second-order valence-corrected chi connectivity index (χ2v) is 7.71. The monoisotopic (exact) mass is 453 g/mol. The second kappa shape index (κ2) is 10.1. The highest BCUT2D eigenvalue weighted by molar-refractivity contribution is 6.30. The van der Waals surface area contributed by atoms with Gasteiger partial charge in [0.25, 0.3) is 5.91 Å². The highest BCUT2D eigenvalue weighted by atomic mass is 35.5. The molecule has 2 unspecified atom stereocenters. The molecule has 0 radical (unpaired) electrons. The third-order valence-electron chi connectivity index (χ3n) is 5.08. The third kappa shape index (κ3) is 5.54. The van der Waals surface area contributed by atoms with E-state index in [0.29, 0.717) is 27.5 Å². The summed E-state index contributed by atoms with van der Waals surface area (Å²) in [7, 11) is 0. The van der Waals surface area contributed by atoms with Gasteiger partial charge in [0.15, 0.2) is 0 Å². The number of hydrogen-bond donors (Lipinski definition) is 2. The molecule has 2 aromatic carbocycles. The molecule has 1 aliphatic carbocycles. The Balaban J connectivity index is 1.69. The lowest BCUT2D eigenvalue weighted by Gasteiger charge is -2.29. The fraction of sp³-hybridized carbons (Fsp3) is 0.208. The third-order valence-corrected chi connectivity index (χ3v) is 5.31. The van der Waals surface area contributed by atoms with Gasteiger partial charge in [0.05, 0.1) is 24.2 Å². The summed E-state index contributed by atoms with van der Waals surface area (Å²) in [5.74, 6) is -1.83. The van der Waals surface area contributed by atoms with Gasteiger partial charge in [-0.05, 0) is 36.4 Å². The molecular formula is C24H21ClFN3O3. The lowest BCUT2D eigenvalue weighted by atomic mass is 9.82. The van der Waals surface area contributed by atoms with Crippen molar-refractivity contribution in [3.63, 3.8) is 0 Å². The molecule has 0 aliphatic heterocycles. The van der Waals surface area contributed by atoms with Crippen LogP contribution in [-0.4, -0.2) is 24.1 Å². The molecule has 3 rings (SSSR count). The van der Waals surface area contributed by atoms with E-state index in [1.165, 1.54) is 24.3 Å². The molecule has 3 N–H and O–H groups in total. The van der Waals surface area contributed by atoms with Crippen molar-refractivity contribution < 1.29 is 18.7 Å². The van der Waals surface area contributed by atoms with Crippen molar-refractivity contribution in [2.75, 3.05) is 6.61 Å². The highest BCUT2D eigenvalue weighted by Crippen LogP contribution is 2.32. The van der Waals surface area contributed by atoms with Crippen LogP contribution in [0.25, 0.3) is 0 Å². The Morgan fingerprint density at radius 2 is 2.06 bits per heavy atom. The minimum absolute atomic E-state index is 0.0669. The summed E-state index contributed by atoms with van der Waals surface area (Å²) in [5.41, 5.74) is 4.73. The van der Waals surface area contributed by atoms with Gasteiger partial charge in [-0.2, -0.15) is 5.26 Å². The Bertz CT molecular complexity index is 1130. The fourth-order valence-corrected chi connectivity index (χ4v) is 3.54. The molecule has 0 saturated heterocycles. The lowest BCUT2D eigenvalue weighted by molar-refractivity contribution is -0.123. The number of nitriles is 1. The Hall–Kier alpha value is -3.63. The van der Waals surface area contributed by atoms with Crippen molar-refractivity contribution in [2.24, 2.45) is 11.7 Å². The van der Waals surface area contributed by atoms with Crippen LogP contribution in [0.15, 0.2) is 66.8 Å². The smallest absolute Gasteiger partial charge is 0.251 e. The van der Waals surface area contributed by atoms with Crippen LogP contribution in [0.1, 0.15) is 27.9 Å². The number of amides is 2. The molecule has 8 heteroatoms. The molecule has 2 atom stereocenters. The van der Waals surface area contributed by atoms with E-state index in [2.05, 4.69) is 5.32 Å². The molecule has 2 amide bonds. The van der Waals surface area contributed by atoms with Crippen molar-refractivity contribution >= 4 is 23.4 Å². The highest BCUT2D eigenvalue weighted by Gasteiger charge is 2.40. The fourth-order valence-electron chi connectivity index (χ4n) is 3.35. The maximum Gasteiger partial charge on any atom is 0.251 e. The van der Waals surface area contributed by atoms with Gasteiger partial charge in [0.1, 0.15) is 11.4 Å². The summed E-state index contributed by atoms with van der Waals surface area (Å²) in [6.45, 7) is 0.0578. The number of ether oxygens (including phenoxy) is 1. The molecule has 6 nitrogen and oxygen atoms in total. The van der Waals surface area contributed by atoms with Gasteiger partial charge in [0.2, 0.25) is 5.91 Å². The van der Waals surface area contributed by atoms with E-state index in [1.54, 1.807) is 42.5 Å². The van der Waals surface area contributed by atoms with Gasteiger partial charge < -0.3 is 15.8 Å². The molecule has 1 aliphatic rings. The van der Waals surface area contributed by atoms with Crippen LogP contribution in [0.2, 0.25) is 5.02 Å². The lowest BCUT2D eigenvalue weighted by Crippen LogP contribution is -2.41. The van der Waals surface area contributed by atoms with Crippen LogP contribution in [0.3, 0.4) is 0 Å². The Morgan fingerprint density at radius 1 is 1.25 bits per heavy atom.